The van der Waals surface area contributed by atoms with Crippen LogP contribution in [0.2, 0.25) is 18.1 Å². The molecule has 1 aromatic rings. The third-order valence-corrected chi connectivity index (χ3v) is 11.7. The molecule has 1 aromatic heterocycles. The van der Waals surface area contributed by atoms with E-state index in [1.54, 1.807) is 19.2 Å². The summed E-state index contributed by atoms with van der Waals surface area (Å²) in [6, 6.07) is 5.88. The molecule has 4 atom stereocenters. The Morgan fingerprint density at radius 2 is 1.94 bits per heavy atom. The van der Waals surface area contributed by atoms with Gasteiger partial charge in [-0.2, -0.15) is 10.4 Å². The fourth-order valence-corrected chi connectivity index (χ4v) is 5.43. The van der Waals surface area contributed by atoms with Crippen LogP contribution in [0, 0.1) is 11.3 Å². The third-order valence-electron chi connectivity index (χ3n) is 7.21. The minimum atomic E-state index is -2.07. The molecule has 182 valence electrons. The first kappa shape index (κ1) is 25.6. The number of fused-ring (bicyclic) bond motifs is 1. The predicted octanol–water partition coefficient (Wildman–Crippen LogP) is 3.34. The number of aliphatic imine (C=N–C) groups is 1. The summed E-state index contributed by atoms with van der Waals surface area (Å²) in [5.41, 5.74) is 4.35. The molecule has 33 heavy (non-hydrogen) atoms. The van der Waals surface area contributed by atoms with Crippen molar-refractivity contribution in [3.05, 3.63) is 23.5 Å². The first-order valence-electron chi connectivity index (χ1n) is 11.1. The molecule has 0 amide bonds. The van der Waals surface area contributed by atoms with Crippen LogP contribution in [0.15, 0.2) is 22.2 Å². The van der Waals surface area contributed by atoms with E-state index in [9.17, 15) is 5.26 Å². The lowest BCUT2D eigenvalue weighted by Crippen LogP contribution is -2.51. The summed E-state index contributed by atoms with van der Waals surface area (Å²) in [4.78, 5) is 4.05. The second kappa shape index (κ2) is 8.03. The van der Waals surface area contributed by atoms with Crippen LogP contribution in [0.4, 0.5) is 0 Å². The van der Waals surface area contributed by atoms with E-state index < -0.39 is 37.5 Å². The number of rotatable bonds is 6. The van der Waals surface area contributed by atoms with Crippen molar-refractivity contribution in [2.24, 2.45) is 15.8 Å². The average molecular weight is 476 g/mol. The van der Waals surface area contributed by atoms with Crippen molar-refractivity contribution in [2.45, 2.75) is 88.9 Å². The third kappa shape index (κ3) is 3.86. The van der Waals surface area contributed by atoms with Crippen LogP contribution in [0.1, 0.15) is 52.9 Å². The Morgan fingerprint density at radius 3 is 2.45 bits per heavy atom. The SMILES string of the molecule is C=Nn1c(/C(N)=N\C)ccc1[C@]1(C#N)O[C@H](CO[Si](C)(C)C(C)(C)C)[C@H]2OC(C)(C)O[C@]21C. The van der Waals surface area contributed by atoms with Crippen molar-refractivity contribution in [2.75, 3.05) is 13.7 Å². The van der Waals surface area contributed by atoms with E-state index in [0.29, 0.717) is 11.4 Å². The highest BCUT2D eigenvalue weighted by atomic mass is 28.4. The van der Waals surface area contributed by atoms with Crippen LogP contribution in [-0.2, 0) is 24.2 Å². The molecule has 2 N–H and O–H groups in total. The van der Waals surface area contributed by atoms with Crippen LogP contribution in [-0.4, -0.2) is 62.8 Å². The van der Waals surface area contributed by atoms with Crippen LogP contribution < -0.4 is 5.73 Å². The van der Waals surface area contributed by atoms with E-state index in [1.807, 2.05) is 20.8 Å². The van der Waals surface area contributed by atoms with E-state index in [1.165, 1.54) is 4.68 Å². The second-order valence-electron chi connectivity index (χ2n) is 10.8. The fourth-order valence-electron chi connectivity index (χ4n) is 4.41. The highest BCUT2D eigenvalue weighted by Gasteiger charge is 2.73. The molecule has 3 rings (SSSR count). The Morgan fingerprint density at radius 1 is 1.30 bits per heavy atom. The molecular weight excluding hydrogens is 438 g/mol. The van der Waals surface area contributed by atoms with E-state index in [0.717, 1.165) is 0 Å². The van der Waals surface area contributed by atoms with Gasteiger partial charge in [0.2, 0.25) is 5.60 Å². The van der Waals surface area contributed by atoms with Crippen molar-refractivity contribution < 1.29 is 18.6 Å². The summed E-state index contributed by atoms with van der Waals surface area (Å²) in [6.07, 6.45) is -1.06. The lowest BCUT2D eigenvalue weighted by molar-refractivity contribution is -0.223. The van der Waals surface area contributed by atoms with Crippen molar-refractivity contribution in [3.8, 4) is 6.07 Å². The molecule has 2 aliphatic rings. The number of aromatic nitrogens is 1. The molecule has 2 saturated heterocycles. The van der Waals surface area contributed by atoms with Crippen molar-refractivity contribution >= 4 is 20.9 Å². The Bertz CT molecular complexity index is 1010. The number of nitrogens with zero attached hydrogens (tertiary/aromatic N) is 4. The van der Waals surface area contributed by atoms with Gasteiger partial charge in [-0.3, -0.25) is 4.99 Å². The van der Waals surface area contributed by atoms with Gasteiger partial charge >= 0.3 is 0 Å². The summed E-state index contributed by atoms with van der Waals surface area (Å²) in [5.74, 6) is -0.644. The Kier molecular flexibility index (Phi) is 6.22. The maximum absolute atomic E-state index is 10.6. The largest absolute Gasteiger partial charge is 0.414 e. The minimum absolute atomic E-state index is 0.0287. The summed E-state index contributed by atoms with van der Waals surface area (Å²) < 4.78 is 27.2. The summed E-state index contributed by atoms with van der Waals surface area (Å²) in [6.45, 7) is 20.4. The van der Waals surface area contributed by atoms with Gasteiger partial charge in [0.05, 0.1) is 12.3 Å². The van der Waals surface area contributed by atoms with Gasteiger partial charge in [-0.05, 0) is 51.0 Å². The lowest BCUT2D eigenvalue weighted by atomic mass is 9.80. The number of nitriles is 1. The second-order valence-corrected chi connectivity index (χ2v) is 15.6. The highest BCUT2D eigenvalue weighted by Crippen LogP contribution is 2.56. The van der Waals surface area contributed by atoms with Crippen LogP contribution >= 0.6 is 0 Å². The zero-order valence-corrected chi connectivity index (χ0v) is 22.2. The maximum Gasteiger partial charge on any atom is 0.228 e. The fraction of sp³-hybridized carbons (Fsp3) is 0.696. The molecular formula is C23H37N5O4Si. The van der Waals surface area contributed by atoms with E-state index >= 15 is 0 Å². The molecule has 0 aliphatic carbocycles. The van der Waals surface area contributed by atoms with Gasteiger partial charge in [0.15, 0.2) is 14.1 Å². The quantitative estimate of drug-likeness (QED) is 0.383. The molecule has 0 aromatic carbocycles. The molecule has 10 heteroatoms. The number of ether oxygens (including phenoxy) is 3. The van der Waals surface area contributed by atoms with Gasteiger partial charge in [0, 0.05) is 13.8 Å². The highest BCUT2D eigenvalue weighted by molar-refractivity contribution is 6.74. The molecule has 3 heterocycles. The summed E-state index contributed by atoms with van der Waals surface area (Å²) >= 11 is 0. The molecule has 9 nitrogen and oxygen atoms in total. The standard InChI is InChI=1S/C23H37N5O4Si/c1-20(2,3)33(9,10)29-13-16-18-22(6,32-21(4,5)31-18)23(14-24,30-16)17-12-11-15(19(25)26-7)28(17)27-8/h11-12,16,18H,8,13H2,1-7,9-10H3,(H2,25,26)/t16-,18-,22-,23+/m1/s1. The minimum Gasteiger partial charge on any atom is -0.414 e. The summed E-state index contributed by atoms with van der Waals surface area (Å²) in [7, 11) is -0.484. The van der Waals surface area contributed by atoms with Gasteiger partial charge < -0.3 is 24.4 Å². The van der Waals surface area contributed by atoms with Gasteiger partial charge in [-0.15, -0.1) is 0 Å². The maximum atomic E-state index is 10.6. The van der Waals surface area contributed by atoms with Crippen LogP contribution in [0.5, 0.6) is 0 Å². The number of hydrogen-bond donors (Lipinski definition) is 1. The zero-order chi connectivity index (χ0) is 25.0. The van der Waals surface area contributed by atoms with E-state index in [-0.39, 0.29) is 17.5 Å². The molecule has 2 aliphatic heterocycles. The lowest BCUT2D eigenvalue weighted by Gasteiger charge is -2.37. The molecule has 0 spiro atoms. The monoisotopic (exact) mass is 475 g/mol. The average Bonchev–Trinajstić information content (AvgIpc) is 3.31. The molecule has 0 saturated carbocycles. The zero-order valence-electron chi connectivity index (χ0n) is 21.2. The Balaban J connectivity index is 2.11. The summed E-state index contributed by atoms with van der Waals surface area (Å²) in [5, 5.41) is 14.7. The van der Waals surface area contributed by atoms with Crippen molar-refractivity contribution in [1.82, 2.24) is 4.68 Å². The van der Waals surface area contributed by atoms with Gasteiger partial charge in [0.1, 0.15) is 35.4 Å². The van der Waals surface area contributed by atoms with E-state index in [2.05, 4.69) is 56.7 Å². The molecule has 0 bridgehead atoms. The Labute approximate surface area is 197 Å². The topological polar surface area (TPSA) is 116 Å². The molecule has 2 fully saturated rings. The first-order valence-corrected chi connectivity index (χ1v) is 14.0. The smallest absolute Gasteiger partial charge is 0.228 e. The number of hydrogen-bond acceptors (Lipinski definition) is 7. The van der Waals surface area contributed by atoms with Gasteiger partial charge in [0.25, 0.3) is 0 Å². The van der Waals surface area contributed by atoms with Crippen molar-refractivity contribution in [1.29, 1.82) is 5.26 Å². The van der Waals surface area contributed by atoms with Crippen molar-refractivity contribution in [3.63, 3.8) is 0 Å². The molecule has 0 unspecified atom stereocenters. The van der Waals surface area contributed by atoms with Gasteiger partial charge in [-0.1, -0.05) is 20.8 Å². The van der Waals surface area contributed by atoms with Crippen LogP contribution in [0.3, 0.4) is 0 Å². The number of nitrogens with two attached hydrogens (primary N) is 1. The molecule has 0 radical (unpaired) electrons. The van der Waals surface area contributed by atoms with Gasteiger partial charge in [-0.25, -0.2) is 4.68 Å². The first-order chi connectivity index (χ1) is 15.1. The predicted molar refractivity (Wildman–Crippen MR) is 130 cm³/mol. The Hall–Kier alpha value is -2.03. The normalized spacial score (nSPS) is 31.9. The van der Waals surface area contributed by atoms with E-state index in [4.69, 9.17) is 24.4 Å². The number of amidine groups is 1. The van der Waals surface area contributed by atoms with Crippen LogP contribution in [0.25, 0.3) is 0 Å².